The predicted molar refractivity (Wildman–Crippen MR) is 24.5 cm³/mol. The van der Waals surface area contributed by atoms with Crippen molar-refractivity contribution in [2.24, 2.45) is 0 Å². The molecule has 0 N–H and O–H groups in total. The Balaban J connectivity index is 4.04. The second-order valence-corrected chi connectivity index (χ2v) is 0.993. The fourth-order valence-corrected chi connectivity index (χ4v) is 0.172. The third-order valence-corrected chi connectivity index (χ3v) is 0.496. The van der Waals surface area contributed by atoms with E-state index in [0.717, 1.165) is 0 Å². The van der Waals surface area contributed by atoms with Crippen molar-refractivity contribution in [3.8, 4) is 12.1 Å². The Morgan fingerprint density at radius 3 is 2.38 bits per heavy atom. The first kappa shape index (κ1) is 6.36. The number of nitrogens with zero attached hydrogens (tertiary/aromatic N) is 4. The van der Waals surface area contributed by atoms with Crippen LogP contribution in [0, 0.1) is 22.7 Å². The molecule has 0 saturated carbocycles. The Morgan fingerprint density at radius 2 is 2.25 bits per heavy atom. The quantitative estimate of drug-likeness (QED) is 0.269. The van der Waals surface area contributed by atoms with E-state index in [1.165, 1.54) is 6.07 Å². The lowest BCUT2D eigenvalue weighted by Crippen LogP contribution is -1.91. The van der Waals surface area contributed by atoms with Crippen LogP contribution in [0.5, 0.6) is 0 Å². The van der Waals surface area contributed by atoms with Crippen molar-refractivity contribution in [3.05, 3.63) is 5.53 Å². The van der Waals surface area contributed by atoms with Gasteiger partial charge in [0.05, 0.1) is 6.07 Å². The van der Waals surface area contributed by atoms with Gasteiger partial charge in [-0.2, -0.15) is 15.3 Å². The molecule has 0 bridgehead atoms. The Labute approximate surface area is 46.2 Å². The van der Waals surface area contributed by atoms with E-state index in [-0.39, 0.29) is 12.1 Å². The van der Waals surface area contributed by atoms with Crippen LogP contribution in [0.2, 0.25) is 0 Å². The summed E-state index contributed by atoms with van der Waals surface area (Å²) in [6.07, 6.45) is -0.132. The molecule has 0 rings (SSSR count). The number of hydrogen-bond donors (Lipinski definition) is 0. The highest BCUT2D eigenvalue weighted by Gasteiger charge is 2.01. The Bertz CT molecular complexity index is 197. The third-order valence-electron chi connectivity index (χ3n) is 0.496. The maximum Gasteiger partial charge on any atom is 0.381 e. The van der Waals surface area contributed by atoms with Crippen molar-refractivity contribution in [1.82, 2.24) is 0 Å². The Morgan fingerprint density at radius 1 is 1.62 bits per heavy atom. The molecule has 0 unspecified atom stereocenters. The molecule has 0 saturated heterocycles. The van der Waals surface area contributed by atoms with Crippen LogP contribution in [0.4, 0.5) is 0 Å². The van der Waals surface area contributed by atoms with Crippen LogP contribution in [0.3, 0.4) is 0 Å². The average molecular weight is 106 g/mol. The van der Waals surface area contributed by atoms with Gasteiger partial charge in [0.25, 0.3) is 0 Å². The molecule has 8 heavy (non-hydrogen) atoms. The van der Waals surface area contributed by atoms with E-state index >= 15 is 0 Å². The molecule has 0 radical (unpaired) electrons. The standard InChI is InChI=1S/C4H2N4/c5-2-1-4(3-6)8-7/h1H2. The molecule has 0 amide bonds. The molecule has 4 nitrogen and oxygen atoms in total. The summed E-state index contributed by atoms with van der Waals surface area (Å²) < 4.78 is 0. The number of nitriles is 2. The van der Waals surface area contributed by atoms with Crippen molar-refractivity contribution in [2.45, 2.75) is 6.42 Å². The first-order valence-corrected chi connectivity index (χ1v) is 1.83. The van der Waals surface area contributed by atoms with E-state index in [2.05, 4.69) is 4.79 Å². The molecule has 0 heterocycles. The lowest BCUT2D eigenvalue weighted by atomic mass is 10.3. The van der Waals surface area contributed by atoms with Gasteiger partial charge in [-0.15, -0.1) is 0 Å². The predicted octanol–water partition coefficient (Wildman–Crippen LogP) is 0.0945. The van der Waals surface area contributed by atoms with Crippen molar-refractivity contribution >= 4 is 5.71 Å². The summed E-state index contributed by atoms with van der Waals surface area (Å²) in [5.74, 6) is 0. The van der Waals surface area contributed by atoms with E-state index in [9.17, 15) is 0 Å². The van der Waals surface area contributed by atoms with E-state index in [0.29, 0.717) is 0 Å². The minimum Gasteiger partial charge on any atom is -0.360 e. The normalized spacial score (nSPS) is 5.75. The molecule has 38 valence electrons. The molecule has 0 aliphatic rings. The van der Waals surface area contributed by atoms with Crippen molar-refractivity contribution in [2.75, 3.05) is 0 Å². The summed E-state index contributed by atoms with van der Waals surface area (Å²) in [4.78, 5) is 2.53. The van der Waals surface area contributed by atoms with Gasteiger partial charge in [0, 0.05) is 0 Å². The monoisotopic (exact) mass is 106 g/mol. The molecule has 0 atom stereocenters. The second kappa shape index (κ2) is 3.55. The van der Waals surface area contributed by atoms with E-state index in [4.69, 9.17) is 16.1 Å². The number of hydrogen-bond acceptors (Lipinski definition) is 2. The summed E-state index contributed by atoms with van der Waals surface area (Å²) in [6, 6.07) is 3.19. The number of rotatable bonds is 1. The Hall–Kier alpha value is -1.64. The fraction of sp³-hybridized carbons (Fsp3) is 0.250. The van der Waals surface area contributed by atoms with Gasteiger partial charge in [-0.3, -0.25) is 0 Å². The molecule has 0 aromatic heterocycles. The zero-order chi connectivity index (χ0) is 6.41. The van der Waals surface area contributed by atoms with E-state index in [1.54, 1.807) is 6.07 Å². The third kappa shape index (κ3) is 1.71. The van der Waals surface area contributed by atoms with Gasteiger partial charge < -0.3 is 5.53 Å². The summed E-state index contributed by atoms with van der Waals surface area (Å²) in [5, 5.41) is 15.9. The minimum atomic E-state index is -0.160. The summed E-state index contributed by atoms with van der Waals surface area (Å²) >= 11 is 0. The molecule has 0 fully saturated rings. The molecule has 0 aliphatic heterocycles. The van der Waals surface area contributed by atoms with Crippen LogP contribution in [0.25, 0.3) is 5.53 Å². The summed E-state index contributed by atoms with van der Waals surface area (Å²) in [5.41, 5.74) is 7.71. The van der Waals surface area contributed by atoms with E-state index < -0.39 is 0 Å². The molecule has 0 aromatic rings. The van der Waals surface area contributed by atoms with Crippen LogP contribution in [-0.4, -0.2) is 10.5 Å². The van der Waals surface area contributed by atoms with Crippen molar-refractivity contribution in [3.63, 3.8) is 0 Å². The first-order valence-electron chi connectivity index (χ1n) is 1.83. The maximum atomic E-state index is 7.97. The lowest BCUT2D eigenvalue weighted by Gasteiger charge is -1.63. The topological polar surface area (TPSA) is 84.0 Å². The van der Waals surface area contributed by atoms with Gasteiger partial charge in [-0.25, -0.2) is 0 Å². The van der Waals surface area contributed by atoms with E-state index in [1.807, 2.05) is 0 Å². The molecular formula is C4H2N4. The zero-order valence-corrected chi connectivity index (χ0v) is 4.00. The minimum absolute atomic E-state index is 0.132. The summed E-state index contributed by atoms with van der Waals surface area (Å²) in [6.45, 7) is 0. The van der Waals surface area contributed by atoms with Crippen molar-refractivity contribution in [1.29, 1.82) is 10.5 Å². The van der Waals surface area contributed by atoms with Gasteiger partial charge in [0.15, 0.2) is 6.07 Å². The van der Waals surface area contributed by atoms with Crippen LogP contribution >= 0.6 is 0 Å². The highest BCUT2D eigenvalue weighted by Crippen LogP contribution is 1.73. The van der Waals surface area contributed by atoms with Crippen LogP contribution in [0.15, 0.2) is 0 Å². The molecule has 0 aliphatic carbocycles. The van der Waals surface area contributed by atoms with Gasteiger partial charge in [0.1, 0.15) is 6.42 Å². The van der Waals surface area contributed by atoms with Gasteiger partial charge in [0.2, 0.25) is 0 Å². The van der Waals surface area contributed by atoms with Gasteiger partial charge in [-0.1, -0.05) is 0 Å². The highest BCUT2D eigenvalue weighted by atomic mass is 14.9. The average Bonchev–Trinajstić information content (AvgIpc) is 1.83. The molecular weight excluding hydrogens is 104 g/mol. The van der Waals surface area contributed by atoms with Gasteiger partial charge in [-0.05, 0) is 0 Å². The summed E-state index contributed by atoms with van der Waals surface area (Å²) in [7, 11) is 0. The van der Waals surface area contributed by atoms with Crippen LogP contribution in [0.1, 0.15) is 6.42 Å². The SMILES string of the molecule is N#CCC(C#N)=[N+]=[N-]. The fourth-order valence-electron chi connectivity index (χ4n) is 0.172. The van der Waals surface area contributed by atoms with Gasteiger partial charge >= 0.3 is 5.71 Å². The van der Waals surface area contributed by atoms with Crippen LogP contribution in [-0.2, 0) is 0 Å². The zero-order valence-electron chi connectivity index (χ0n) is 4.00. The van der Waals surface area contributed by atoms with Crippen molar-refractivity contribution < 1.29 is 4.79 Å². The molecule has 4 heteroatoms. The maximum absolute atomic E-state index is 7.97. The Kier molecular flexibility index (Phi) is 2.82. The molecule has 0 aromatic carbocycles. The smallest absolute Gasteiger partial charge is 0.360 e. The first-order chi connectivity index (χ1) is 3.85. The lowest BCUT2D eigenvalue weighted by molar-refractivity contribution is -0.00447. The second-order valence-electron chi connectivity index (χ2n) is 0.993. The largest absolute Gasteiger partial charge is 0.381 e. The highest BCUT2D eigenvalue weighted by molar-refractivity contribution is 5.95. The molecule has 0 spiro atoms. The van der Waals surface area contributed by atoms with Crippen LogP contribution < -0.4 is 0 Å².